The van der Waals surface area contributed by atoms with E-state index in [4.69, 9.17) is 4.74 Å². The Kier molecular flexibility index (Phi) is 5.55. The molecular weight excluding hydrogens is 325 g/mol. The van der Waals surface area contributed by atoms with E-state index in [1.165, 1.54) is 11.3 Å². The largest absolute Gasteiger partial charge is 0.380 e. The van der Waals surface area contributed by atoms with Crippen LogP contribution in [0.2, 0.25) is 0 Å². The number of carbonyl (C=O) groups excluding carboxylic acids is 1. The van der Waals surface area contributed by atoms with Crippen molar-refractivity contribution >= 4 is 39.8 Å². The van der Waals surface area contributed by atoms with Gasteiger partial charge in [0.25, 0.3) is 5.91 Å². The summed E-state index contributed by atoms with van der Waals surface area (Å²) in [5.74, 6) is -0.00259. The lowest BCUT2D eigenvalue weighted by Gasteiger charge is -2.04. The molecule has 1 heterocycles. The molecule has 0 aliphatic carbocycles. The quantitative estimate of drug-likeness (QED) is 0.661. The van der Waals surface area contributed by atoms with Gasteiger partial charge in [-0.15, -0.1) is 11.3 Å². The Morgan fingerprint density at radius 1 is 1.67 bits per heavy atom. The summed E-state index contributed by atoms with van der Waals surface area (Å²) in [5.41, 5.74) is 1.16. The minimum atomic E-state index is -0.00259. The summed E-state index contributed by atoms with van der Waals surface area (Å²) < 4.78 is 6.19. The van der Waals surface area contributed by atoms with E-state index < -0.39 is 0 Å². The third-order valence-corrected chi connectivity index (χ3v) is 4.69. The molecule has 0 atom stereocenters. The molecule has 0 aliphatic heterocycles. The zero-order valence-corrected chi connectivity index (χ0v) is 11.8. The standard InChI is InChI=1S/C10H14INO2S/c1-3-14-5-4-12-10(13)9-8(11)7(2)6-15-9/h6H,3-5H2,1-2H3,(H,12,13). The van der Waals surface area contributed by atoms with Gasteiger partial charge in [0, 0.05) is 16.7 Å². The number of amides is 1. The molecule has 1 N–H and O–H groups in total. The molecule has 5 heteroatoms. The lowest BCUT2D eigenvalue weighted by molar-refractivity contribution is 0.0925. The Balaban J connectivity index is 2.44. The fourth-order valence-corrected chi connectivity index (χ4v) is 2.89. The maximum Gasteiger partial charge on any atom is 0.262 e. The highest BCUT2D eigenvalue weighted by Crippen LogP contribution is 2.23. The fourth-order valence-electron chi connectivity index (χ4n) is 1.04. The van der Waals surface area contributed by atoms with E-state index in [1.54, 1.807) is 0 Å². The van der Waals surface area contributed by atoms with Crippen LogP contribution in [-0.2, 0) is 4.74 Å². The first kappa shape index (κ1) is 12.9. The predicted octanol–water partition coefficient (Wildman–Crippen LogP) is 2.43. The van der Waals surface area contributed by atoms with Crippen LogP contribution in [0.25, 0.3) is 0 Å². The normalized spacial score (nSPS) is 10.3. The first-order chi connectivity index (χ1) is 7.16. The first-order valence-corrected chi connectivity index (χ1v) is 6.72. The smallest absolute Gasteiger partial charge is 0.262 e. The summed E-state index contributed by atoms with van der Waals surface area (Å²) in [5, 5.41) is 4.83. The summed E-state index contributed by atoms with van der Waals surface area (Å²) in [6.45, 7) is 5.77. The number of hydrogen-bond acceptors (Lipinski definition) is 3. The molecule has 84 valence electrons. The molecule has 0 unspecified atom stereocenters. The Hall–Kier alpha value is -0.140. The van der Waals surface area contributed by atoms with E-state index in [1.807, 2.05) is 19.2 Å². The lowest BCUT2D eigenvalue weighted by Crippen LogP contribution is -2.27. The van der Waals surface area contributed by atoms with E-state index in [2.05, 4.69) is 27.9 Å². The van der Waals surface area contributed by atoms with Crippen molar-refractivity contribution in [3.05, 3.63) is 19.4 Å². The Bertz CT molecular complexity index is 338. The van der Waals surface area contributed by atoms with Crippen molar-refractivity contribution in [2.45, 2.75) is 13.8 Å². The summed E-state index contributed by atoms with van der Waals surface area (Å²) in [6, 6.07) is 0. The molecule has 0 aliphatic rings. The van der Waals surface area contributed by atoms with E-state index >= 15 is 0 Å². The highest BCUT2D eigenvalue weighted by molar-refractivity contribution is 14.1. The van der Waals surface area contributed by atoms with E-state index in [9.17, 15) is 4.79 Å². The molecule has 0 aromatic carbocycles. The van der Waals surface area contributed by atoms with Crippen LogP contribution in [0.3, 0.4) is 0 Å². The molecule has 0 saturated heterocycles. The second kappa shape index (κ2) is 6.44. The van der Waals surface area contributed by atoms with Gasteiger partial charge in [0.15, 0.2) is 0 Å². The van der Waals surface area contributed by atoms with E-state index in [0.717, 1.165) is 14.0 Å². The fraction of sp³-hybridized carbons (Fsp3) is 0.500. The number of ether oxygens (including phenoxy) is 1. The molecule has 0 spiro atoms. The van der Waals surface area contributed by atoms with Crippen LogP contribution in [0.15, 0.2) is 5.38 Å². The summed E-state index contributed by atoms with van der Waals surface area (Å²) >= 11 is 3.69. The van der Waals surface area contributed by atoms with Gasteiger partial charge < -0.3 is 10.1 Å². The molecule has 0 bridgehead atoms. The first-order valence-electron chi connectivity index (χ1n) is 4.76. The summed E-state index contributed by atoms with van der Waals surface area (Å²) in [4.78, 5) is 12.5. The van der Waals surface area contributed by atoms with Crippen molar-refractivity contribution in [1.82, 2.24) is 5.32 Å². The summed E-state index contributed by atoms with van der Waals surface area (Å²) in [6.07, 6.45) is 0. The van der Waals surface area contributed by atoms with Crippen molar-refractivity contribution in [3.63, 3.8) is 0 Å². The van der Waals surface area contributed by atoms with Crippen molar-refractivity contribution in [2.75, 3.05) is 19.8 Å². The number of halogens is 1. The van der Waals surface area contributed by atoms with Gasteiger partial charge in [-0.2, -0.15) is 0 Å². The average molecular weight is 339 g/mol. The van der Waals surface area contributed by atoms with Gasteiger partial charge >= 0.3 is 0 Å². The Morgan fingerprint density at radius 2 is 2.40 bits per heavy atom. The second-order valence-electron chi connectivity index (χ2n) is 3.01. The van der Waals surface area contributed by atoms with Crippen LogP contribution in [0.5, 0.6) is 0 Å². The van der Waals surface area contributed by atoms with Gasteiger partial charge in [0.1, 0.15) is 4.88 Å². The molecule has 3 nitrogen and oxygen atoms in total. The van der Waals surface area contributed by atoms with Crippen molar-refractivity contribution in [1.29, 1.82) is 0 Å². The molecule has 1 aromatic heterocycles. The zero-order chi connectivity index (χ0) is 11.3. The molecule has 1 rings (SSSR count). The van der Waals surface area contributed by atoms with Crippen LogP contribution in [0, 0.1) is 10.5 Å². The number of thiophene rings is 1. The average Bonchev–Trinajstić information content (AvgIpc) is 2.55. The highest BCUT2D eigenvalue weighted by Gasteiger charge is 2.13. The van der Waals surface area contributed by atoms with Gasteiger partial charge in [-0.25, -0.2) is 0 Å². The van der Waals surface area contributed by atoms with E-state index in [0.29, 0.717) is 19.8 Å². The van der Waals surface area contributed by atoms with Crippen LogP contribution >= 0.6 is 33.9 Å². The molecular formula is C10H14INO2S. The van der Waals surface area contributed by atoms with Gasteiger partial charge in [0.2, 0.25) is 0 Å². The predicted molar refractivity (Wildman–Crippen MR) is 70.6 cm³/mol. The molecule has 0 radical (unpaired) electrons. The SMILES string of the molecule is CCOCCNC(=O)c1scc(C)c1I. The number of nitrogens with one attached hydrogen (secondary N) is 1. The van der Waals surface area contributed by atoms with Crippen LogP contribution in [-0.4, -0.2) is 25.7 Å². The number of aryl methyl sites for hydroxylation is 1. The molecule has 1 aromatic rings. The van der Waals surface area contributed by atoms with Crippen molar-refractivity contribution in [2.24, 2.45) is 0 Å². The third-order valence-electron chi connectivity index (χ3n) is 1.84. The van der Waals surface area contributed by atoms with Gasteiger partial charge in [-0.05, 0) is 47.4 Å². The third kappa shape index (κ3) is 3.73. The van der Waals surface area contributed by atoms with Gasteiger partial charge in [0.05, 0.1) is 6.61 Å². The maximum atomic E-state index is 11.7. The van der Waals surface area contributed by atoms with Crippen LogP contribution in [0.4, 0.5) is 0 Å². The van der Waals surface area contributed by atoms with Crippen LogP contribution < -0.4 is 5.32 Å². The van der Waals surface area contributed by atoms with Crippen molar-refractivity contribution < 1.29 is 9.53 Å². The minimum Gasteiger partial charge on any atom is -0.380 e. The number of carbonyl (C=O) groups is 1. The van der Waals surface area contributed by atoms with Crippen LogP contribution in [0.1, 0.15) is 22.2 Å². The Labute approximate surface area is 107 Å². The molecule has 15 heavy (non-hydrogen) atoms. The van der Waals surface area contributed by atoms with Gasteiger partial charge in [-0.3, -0.25) is 4.79 Å². The maximum absolute atomic E-state index is 11.7. The lowest BCUT2D eigenvalue weighted by atomic mass is 10.3. The molecule has 1 amide bonds. The number of hydrogen-bond donors (Lipinski definition) is 1. The molecule has 0 saturated carbocycles. The topological polar surface area (TPSA) is 38.3 Å². The Morgan fingerprint density at radius 3 is 2.93 bits per heavy atom. The number of rotatable bonds is 5. The minimum absolute atomic E-state index is 0.00259. The molecule has 0 fully saturated rings. The van der Waals surface area contributed by atoms with Gasteiger partial charge in [-0.1, -0.05) is 0 Å². The van der Waals surface area contributed by atoms with E-state index in [-0.39, 0.29) is 5.91 Å². The second-order valence-corrected chi connectivity index (χ2v) is 4.97. The monoisotopic (exact) mass is 339 g/mol. The highest BCUT2D eigenvalue weighted by atomic mass is 127. The van der Waals surface area contributed by atoms with Crippen molar-refractivity contribution in [3.8, 4) is 0 Å². The summed E-state index contributed by atoms with van der Waals surface area (Å²) in [7, 11) is 0. The zero-order valence-electron chi connectivity index (χ0n) is 8.80.